The molecule has 2 aromatic rings. The number of hydrogen-bond acceptors (Lipinski definition) is 6. The fourth-order valence-corrected chi connectivity index (χ4v) is 2.50. The molecule has 0 fully saturated rings. The fourth-order valence-electron chi connectivity index (χ4n) is 2.00. The Bertz CT molecular complexity index is 775. The summed E-state index contributed by atoms with van der Waals surface area (Å²) in [5.41, 5.74) is 1.83. The quantitative estimate of drug-likeness (QED) is 0.873. The SMILES string of the molecule is CS(=O)(=O)Nc1ccc(NCc2ccc3c(c2)OCO3)cn1. The van der Waals surface area contributed by atoms with E-state index in [0.29, 0.717) is 6.54 Å². The zero-order valence-corrected chi connectivity index (χ0v) is 12.7. The summed E-state index contributed by atoms with van der Waals surface area (Å²) in [4.78, 5) is 4.04. The van der Waals surface area contributed by atoms with E-state index < -0.39 is 10.0 Å². The molecule has 2 heterocycles. The summed E-state index contributed by atoms with van der Waals surface area (Å²) < 4.78 is 35.1. The van der Waals surface area contributed by atoms with Gasteiger partial charge < -0.3 is 14.8 Å². The van der Waals surface area contributed by atoms with Gasteiger partial charge in [-0.2, -0.15) is 0 Å². The smallest absolute Gasteiger partial charge is 0.231 e. The molecule has 116 valence electrons. The number of anilines is 2. The minimum atomic E-state index is -3.31. The number of fused-ring (bicyclic) bond motifs is 1. The second-order valence-corrected chi connectivity index (χ2v) is 6.60. The Morgan fingerprint density at radius 1 is 1.18 bits per heavy atom. The highest BCUT2D eigenvalue weighted by Crippen LogP contribution is 2.32. The van der Waals surface area contributed by atoms with E-state index in [4.69, 9.17) is 9.47 Å². The Labute approximate surface area is 128 Å². The minimum Gasteiger partial charge on any atom is -0.454 e. The first-order valence-corrected chi connectivity index (χ1v) is 8.45. The summed E-state index contributed by atoms with van der Waals surface area (Å²) in [5.74, 6) is 1.78. The molecule has 2 N–H and O–H groups in total. The molecule has 1 aliphatic rings. The van der Waals surface area contributed by atoms with Crippen molar-refractivity contribution in [2.24, 2.45) is 0 Å². The van der Waals surface area contributed by atoms with E-state index in [1.807, 2.05) is 18.2 Å². The van der Waals surface area contributed by atoms with Crippen molar-refractivity contribution in [1.29, 1.82) is 0 Å². The average Bonchev–Trinajstić information content (AvgIpc) is 2.92. The lowest BCUT2D eigenvalue weighted by Crippen LogP contribution is -2.10. The first-order chi connectivity index (χ1) is 10.5. The van der Waals surface area contributed by atoms with Crippen LogP contribution in [0, 0.1) is 0 Å². The van der Waals surface area contributed by atoms with Crippen molar-refractivity contribution in [3.63, 3.8) is 0 Å². The number of ether oxygens (including phenoxy) is 2. The zero-order chi connectivity index (χ0) is 15.6. The number of rotatable bonds is 5. The van der Waals surface area contributed by atoms with Gasteiger partial charge in [0.25, 0.3) is 0 Å². The van der Waals surface area contributed by atoms with E-state index in [0.717, 1.165) is 29.0 Å². The van der Waals surface area contributed by atoms with Crippen molar-refractivity contribution in [3.05, 3.63) is 42.1 Å². The molecule has 1 aliphatic heterocycles. The summed E-state index contributed by atoms with van der Waals surface area (Å²) in [6, 6.07) is 9.10. The number of benzene rings is 1. The summed E-state index contributed by atoms with van der Waals surface area (Å²) in [6.45, 7) is 0.849. The summed E-state index contributed by atoms with van der Waals surface area (Å²) in [5, 5.41) is 3.21. The molecule has 3 rings (SSSR count). The van der Waals surface area contributed by atoms with Crippen LogP contribution in [0.2, 0.25) is 0 Å². The number of aromatic nitrogens is 1. The van der Waals surface area contributed by atoms with Gasteiger partial charge in [0.05, 0.1) is 18.1 Å². The van der Waals surface area contributed by atoms with Crippen LogP contribution in [-0.4, -0.2) is 26.5 Å². The topological polar surface area (TPSA) is 89.6 Å². The monoisotopic (exact) mass is 321 g/mol. The van der Waals surface area contributed by atoms with Gasteiger partial charge in [0.2, 0.25) is 16.8 Å². The van der Waals surface area contributed by atoms with Gasteiger partial charge in [-0.1, -0.05) is 6.07 Å². The molecule has 0 saturated heterocycles. The van der Waals surface area contributed by atoms with Gasteiger partial charge in [-0.05, 0) is 29.8 Å². The van der Waals surface area contributed by atoms with Crippen LogP contribution in [0.4, 0.5) is 11.5 Å². The predicted molar refractivity (Wildman–Crippen MR) is 82.6 cm³/mol. The third-order valence-corrected chi connectivity index (χ3v) is 3.57. The van der Waals surface area contributed by atoms with Crippen LogP contribution in [0.25, 0.3) is 0 Å². The average molecular weight is 321 g/mol. The van der Waals surface area contributed by atoms with Crippen LogP contribution in [0.3, 0.4) is 0 Å². The molecule has 0 aliphatic carbocycles. The van der Waals surface area contributed by atoms with Gasteiger partial charge >= 0.3 is 0 Å². The number of hydrogen-bond donors (Lipinski definition) is 2. The predicted octanol–water partition coefficient (Wildman–Crippen LogP) is 1.79. The van der Waals surface area contributed by atoms with Gasteiger partial charge in [0.1, 0.15) is 5.82 Å². The second-order valence-electron chi connectivity index (χ2n) is 4.85. The second kappa shape index (κ2) is 5.72. The Hall–Kier alpha value is -2.48. The zero-order valence-electron chi connectivity index (χ0n) is 11.9. The van der Waals surface area contributed by atoms with Gasteiger partial charge in [0.15, 0.2) is 11.5 Å². The Morgan fingerprint density at radius 2 is 2.00 bits per heavy atom. The lowest BCUT2D eigenvalue weighted by molar-refractivity contribution is 0.174. The van der Waals surface area contributed by atoms with Crippen LogP contribution < -0.4 is 19.5 Å². The van der Waals surface area contributed by atoms with E-state index in [2.05, 4.69) is 15.0 Å². The Balaban J connectivity index is 1.62. The van der Waals surface area contributed by atoms with E-state index in [9.17, 15) is 8.42 Å². The lowest BCUT2D eigenvalue weighted by Gasteiger charge is -2.08. The lowest BCUT2D eigenvalue weighted by atomic mass is 10.2. The summed E-state index contributed by atoms with van der Waals surface area (Å²) >= 11 is 0. The molecule has 1 aromatic heterocycles. The number of sulfonamides is 1. The van der Waals surface area contributed by atoms with Crippen LogP contribution >= 0.6 is 0 Å². The van der Waals surface area contributed by atoms with E-state index in [-0.39, 0.29) is 12.6 Å². The summed E-state index contributed by atoms with van der Waals surface area (Å²) in [6.07, 6.45) is 2.65. The molecule has 0 atom stereocenters. The molecule has 7 nitrogen and oxygen atoms in total. The van der Waals surface area contributed by atoms with Crippen LogP contribution in [0.15, 0.2) is 36.5 Å². The highest BCUT2D eigenvalue weighted by molar-refractivity contribution is 7.92. The number of nitrogens with zero attached hydrogens (tertiary/aromatic N) is 1. The van der Waals surface area contributed by atoms with Crippen molar-refractivity contribution < 1.29 is 17.9 Å². The molecule has 0 unspecified atom stereocenters. The maximum absolute atomic E-state index is 11.1. The van der Waals surface area contributed by atoms with Gasteiger partial charge in [-0.15, -0.1) is 0 Å². The third-order valence-electron chi connectivity index (χ3n) is 2.99. The van der Waals surface area contributed by atoms with Gasteiger partial charge in [-0.25, -0.2) is 13.4 Å². The third kappa shape index (κ3) is 3.59. The highest BCUT2D eigenvalue weighted by Gasteiger charge is 2.12. The van der Waals surface area contributed by atoms with Gasteiger partial charge in [0, 0.05) is 6.54 Å². The minimum absolute atomic E-state index is 0.255. The largest absolute Gasteiger partial charge is 0.454 e. The van der Waals surface area contributed by atoms with Crippen molar-refractivity contribution in [2.75, 3.05) is 23.1 Å². The van der Waals surface area contributed by atoms with Gasteiger partial charge in [-0.3, -0.25) is 4.72 Å². The Kier molecular flexibility index (Phi) is 3.76. The van der Waals surface area contributed by atoms with E-state index in [1.54, 1.807) is 18.3 Å². The first kappa shape index (κ1) is 14.5. The van der Waals surface area contributed by atoms with E-state index >= 15 is 0 Å². The maximum Gasteiger partial charge on any atom is 0.231 e. The first-order valence-electron chi connectivity index (χ1n) is 6.56. The molecule has 0 radical (unpaired) electrons. The molecular weight excluding hydrogens is 306 g/mol. The molecule has 0 spiro atoms. The van der Waals surface area contributed by atoms with Crippen LogP contribution in [0.5, 0.6) is 11.5 Å². The van der Waals surface area contributed by atoms with Crippen LogP contribution in [-0.2, 0) is 16.6 Å². The standard InChI is InChI=1S/C14H15N3O4S/c1-22(18,19)17-14-5-3-11(8-16-14)15-7-10-2-4-12-13(6-10)21-9-20-12/h2-6,8,15H,7,9H2,1H3,(H,16,17). The van der Waals surface area contributed by atoms with Crippen LogP contribution in [0.1, 0.15) is 5.56 Å². The highest BCUT2D eigenvalue weighted by atomic mass is 32.2. The molecule has 0 amide bonds. The van der Waals surface area contributed by atoms with Crippen molar-refractivity contribution >= 4 is 21.5 Å². The van der Waals surface area contributed by atoms with Crippen molar-refractivity contribution in [2.45, 2.75) is 6.54 Å². The normalized spacial score (nSPS) is 13.0. The molecule has 22 heavy (non-hydrogen) atoms. The molecule has 8 heteroatoms. The van der Waals surface area contributed by atoms with E-state index in [1.165, 1.54) is 0 Å². The summed E-state index contributed by atoms with van der Waals surface area (Å²) in [7, 11) is -3.31. The number of nitrogens with one attached hydrogen (secondary N) is 2. The van der Waals surface area contributed by atoms with Crippen molar-refractivity contribution in [3.8, 4) is 11.5 Å². The molecule has 1 aromatic carbocycles. The Morgan fingerprint density at radius 3 is 2.73 bits per heavy atom. The molecular formula is C14H15N3O4S. The number of pyridine rings is 1. The fraction of sp³-hybridized carbons (Fsp3) is 0.214. The molecule has 0 bridgehead atoms. The van der Waals surface area contributed by atoms with Crippen molar-refractivity contribution in [1.82, 2.24) is 4.98 Å². The molecule has 0 saturated carbocycles. The maximum atomic E-state index is 11.1.